The average molecular weight is 398 g/mol. The Balaban J connectivity index is 1.41. The van der Waals surface area contributed by atoms with Gasteiger partial charge in [-0.15, -0.1) is 0 Å². The van der Waals surface area contributed by atoms with Crippen LogP contribution in [0.3, 0.4) is 0 Å². The number of anilines is 3. The van der Waals surface area contributed by atoms with Crippen molar-refractivity contribution in [1.82, 2.24) is 24.2 Å². The van der Waals surface area contributed by atoms with Crippen LogP contribution in [0.2, 0.25) is 0 Å². The summed E-state index contributed by atoms with van der Waals surface area (Å²) < 4.78 is 10.5. The Morgan fingerprint density at radius 2 is 2.04 bits per heavy atom. The van der Waals surface area contributed by atoms with E-state index in [-0.39, 0.29) is 6.10 Å². The molecule has 1 aliphatic rings. The Bertz CT molecular complexity index is 907. The van der Waals surface area contributed by atoms with Gasteiger partial charge in [-0.2, -0.15) is 9.36 Å². The second kappa shape index (κ2) is 8.49. The van der Waals surface area contributed by atoms with Gasteiger partial charge in [0.05, 0.1) is 11.9 Å². The summed E-state index contributed by atoms with van der Waals surface area (Å²) in [5.74, 6) is 2.09. The first kappa shape index (κ1) is 18.6. The van der Waals surface area contributed by atoms with Crippen LogP contribution in [0.5, 0.6) is 5.75 Å². The smallest absolute Gasteiger partial charge is 0.208 e. The molecular weight excluding hydrogens is 374 g/mol. The van der Waals surface area contributed by atoms with E-state index in [0.29, 0.717) is 16.8 Å². The van der Waals surface area contributed by atoms with Crippen LogP contribution in [-0.2, 0) is 0 Å². The number of nitrogens with zero attached hydrogens (tertiary/aromatic N) is 5. The molecule has 0 saturated carbocycles. The minimum atomic E-state index is 0.261. The zero-order chi connectivity index (χ0) is 19.3. The van der Waals surface area contributed by atoms with Gasteiger partial charge in [-0.25, -0.2) is 9.97 Å². The lowest BCUT2D eigenvalue weighted by molar-refractivity contribution is 0.114. The minimum absolute atomic E-state index is 0.261. The number of pyridine rings is 2. The van der Waals surface area contributed by atoms with Gasteiger partial charge in [0.15, 0.2) is 11.6 Å². The molecular formula is C19H23N7OS. The first-order valence-electron chi connectivity index (χ1n) is 9.26. The van der Waals surface area contributed by atoms with Crippen molar-refractivity contribution in [3.63, 3.8) is 0 Å². The van der Waals surface area contributed by atoms with E-state index in [4.69, 9.17) is 4.74 Å². The molecule has 0 amide bonds. The molecule has 4 rings (SSSR count). The standard InChI is InChI=1S/C19H23N7OS/c1-20-15-4-3-9-21-17(15)23-19-24-18(25-28-19)16-6-5-14(12-22-16)27-13-7-10-26(2)11-8-13/h3-6,9,12-13,20H,7-8,10-11H2,1-2H3,(H,21,23,24,25). The molecule has 0 aliphatic carbocycles. The van der Waals surface area contributed by atoms with Gasteiger partial charge in [0.25, 0.3) is 0 Å². The SMILES string of the molecule is CNc1cccnc1Nc1nc(-c2ccc(OC3CCN(C)CC3)cn2)ns1. The molecule has 3 aromatic rings. The lowest BCUT2D eigenvalue weighted by Crippen LogP contribution is -2.35. The molecule has 1 fully saturated rings. The lowest BCUT2D eigenvalue weighted by atomic mass is 10.1. The average Bonchev–Trinajstić information content (AvgIpc) is 3.19. The zero-order valence-electron chi connectivity index (χ0n) is 15.9. The van der Waals surface area contributed by atoms with Gasteiger partial charge in [-0.3, -0.25) is 0 Å². The number of hydrogen-bond acceptors (Lipinski definition) is 9. The molecule has 146 valence electrons. The zero-order valence-corrected chi connectivity index (χ0v) is 16.7. The highest BCUT2D eigenvalue weighted by Crippen LogP contribution is 2.26. The van der Waals surface area contributed by atoms with Crippen LogP contribution in [0, 0.1) is 0 Å². The van der Waals surface area contributed by atoms with Crippen LogP contribution in [0.25, 0.3) is 11.5 Å². The fraction of sp³-hybridized carbons (Fsp3) is 0.368. The maximum absolute atomic E-state index is 6.05. The third-order valence-electron chi connectivity index (χ3n) is 4.66. The van der Waals surface area contributed by atoms with Crippen molar-refractivity contribution in [1.29, 1.82) is 0 Å². The summed E-state index contributed by atoms with van der Waals surface area (Å²) in [7, 11) is 4.00. The Labute approximate surface area is 168 Å². The Morgan fingerprint density at radius 1 is 1.18 bits per heavy atom. The number of rotatable bonds is 6. The molecule has 8 nitrogen and oxygen atoms in total. The van der Waals surface area contributed by atoms with Crippen LogP contribution in [0.4, 0.5) is 16.6 Å². The number of piperidine rings is 1. The van der Waals surface area contributed by atoms with E-state index in [9.17, 15) is 0 Å². The first-order valence-corrected chi connectivity index (χ1v) is 10.0. The summed E-state index contributed by atoms with van der Waals surface area (Å²) >= 11 is 1.28. The molecule has 0 unspecified atom stereocenters. The van der Waals surface area contributed by atoms with Crippen molar-refractivity contribution < 1.29 is 4.74 Å². The summed E-state index contributed by atoms with van der Waals surface area (Å²) in [5.41, 5.74) is 1.61. The van der Waals surface area contributed by atoms with Crippen molar-refractivity contribution >= 4 is 28.2 Å². The molecule has 1 saturated heterocycles. The van der Waals surface area contributed by atoms with E-state index in [2.05, 4.69) is 41.9 Å². The molecule has 1 aliphatic heterocycles. The van der Waals surface area contributed by atoms with E-state index in [0.717, 1.165) is 43.1 Å². The van der Waals surface area contributed by atoms with E-state index in [1.807, 2.05) is 31.3 Å². The highest BCUT2D eigenvalue weighted by Gasteiger charge is 2.18. The lowest BCUT2D eigenvalue weighted by Gasteiger charge is -2.29. The van der Waals surface area contributed by atoms with Gasteiger partial charge in [0.1, 0.15) is 17.5 Å². The van der Waals surface area contributed by atoms with Crippen molar-refractivity contribution in [3.05, 3.63) is 36.7 Å². The van der Waals surface area contributed by atoms with Gasteiger partial charge >= 0.3 is 0 Å². The largest absolute Gasteiger partial charge is 0.489 e. The summed E-state index contributed by atoms with van der Waals surface area (Å²) in [4.78, 5) is 15.7. The Morgan fingerprint density at radius 3 is 2.79 bits per heavy atom. The maximum atomic E-state index is 6.05. The Hall–Kier alpha value is -2.78. The van der Waals surface area contributed by atoms with E-state index >= 15 is 0 Å². The van der Waals surface area contributed by atoms with Gasteiger partial charge in [-0.05, 0) is 44.2 Å². The third kappa shape index (κ3) is 4.37. The van der Waals surface area contributed by atoms with E-state index in [1.165, 1.54) is 11.5 Å². The summed E-state index contributed by atoms with van der Waals surface area (Å²) in [6, 6.07) is 7.66. The van der Waals surface area contributed by atoms with Crippen LogP contribution in [-0.4, -0.2) is 57.5 Å². The predicted octanol–water partition coefficient (Wildman–Crippen LogP) is 3.25. The first-order chi connectivity index (χ1) is 13.7. The summed E-state index contributed by atoms with van der Waals surface area (Å²) in [6.07, 6.45) is 5.83. The van der Waals surface area contributed by atoms with Crippen LogP contribution in [0.15, 0.2) is 36.7 Å². The summed E-state index contributed by atoms with van der Waals surface area (Å²) in [5, 5.41) is 6.96. The highest BCUT2D eigenvalue weighted by atomic mass is 32.1. The second-order valence-corrected chi connectivity index (χ2v) is 7.45. The Kier molecular flexibility index (Phi) is 5.63. The normalized spacial score (nSPS) is 15.4. The molecule has 0 spiro atoms. The molecule has 0 bridgehead atoms. The predicted molar refractivity (Wildman–Crippen MR) is 111 cm³/mol. The van der Waals surface area contributed by atoms with Crippen LogP contribution < -0.4 is 15.4 Å². The monoisotopic (exact) mass is 397 g/mol. The molecule has 9 heteroatoms. The maximum Gasteiger partial charge on any atom is 0.208 e. The second-order valence-electron chi connectivity index (χ2n) is 6.70. The van der Waals surface area contributed by atoms with E-state index in [1.54, 1.807) is 12.4 Å². The van der Waals surface area contributed by atoms with Gasteiger partial charge < -0.3 is 20.3 Å². The molecule has 28 heavy (non-hydrogen) atoms. The van der Waals surface area contributed by atoms with Crippen molar-refractivity contribution in [2.75, 3.05) is 37.8 Å². The summed E-state index contributed by atoms with van der Waals surface area (Å²) in [6.45, 7) is 2.14. The number of hydrogen-bond donors (Lipinski definition) is 2. The number of likely N-dealkylation sites (tertiary alicyclic amines) is 1. The van der Waals surface area contributed by atoms with Crippen LogP contribution in [0.1, 0.15) is 12.8 Å². The number of ether oxygens (including phenoxy) is 1. The molecule has 0 aromatic carbocycles. The van der Waals surface area contributed by atoms with E-state index < -0.39 is 0 Å². The fourth-order valence-corrected chi connectivity index (χ4v) is 3.64. The molecule has 0 radical (unpaired) electrons. The minimum Gasteiger partial charge on any atom is -0.489 e. The number of aromatic nitrogens is 4. The van der Waals surface area contributed by atoms with Crippen molar-refractivity contribution in [2.24, 2.45) is 0 Å². The van der Waals surface area contributed by atoms with Gasteiger partial charge in [0, 0.05) is 37.9 Å². The van der Waals surface area contributed by atoms with Crippen LogP contribution >= 0.6 is 11.5 Å². The molecule has 0 atom stereocenters. The van der Waals surface area contributed by atoms with Gasteiger partial charge in [0.2, 0.25) is 5.13 Å². The fourth-order valence-electron chi connectivity index (χ4n) is 3.06. The molecule has 2 N–H and O–H groups in total. The highest BCUT2D eigenvalue weighted by molar-refractivity contribution is 7.09. The quantitative estimate of drug-likeness (QED) is 0.655. The third-order valence-corrected chi connectivity index (χ3v) is 5.29. The molecule has 4 heterocycles. The molecule has 3 aromatic heterocycles. The van der Waals surface area contributed by atoms with Gasteiger partial charge in [-0.1, -0.05) is 0 Å². The number of nitrogens with one attached hydrogen (secondary N) is 2. The topological polar surface area (TPSA) is 88.1 Å². The van der Waals surface area contributed by atoms with Crippen molar-refractivity contribution in [2.45, 2.75) is 18.9 Å². The van der Waals surface area contributed by atoms with Crippen molar-refractivity contribution in [3.8, 4) is 17.3 Å².